The fraction of sp³-hybridized carbons (Fsp3) is 0.500. The first-order chi connectivity index (χ1) is 10.2. The van der Waals surface area contributed by atoms with E-state index in [9.17, 15) is 9.59 Å². The lowest BCUT2D eigenvalue weighted by Gasteiger charge is -2.29. The van der Waals surface area contributed by atoms with E-state index in [2.05, 4.69) is 34.5 Å². The zero-order valence-electron chi connectivity index (χ0n) is 12.2. The average molecular weight is 287 g/mol. The van der Waals surface area contributed by atoms with Crippen LogP contribution in [-0.2, 0) is 22.6 Å². The van der Waals surface area contributed by atoms with Gasteiger partial charge in [-0.1, -0.05) is 24.3 Å². The zero-order chi connectivity index (χ0) is 14.7. The van der Waals surface area contributed by atoms with Gasteiger partial charge in [-0.15, -0.1) is 0 Å². The fourth-order valence-corrected chi connectivity index (χ4v) is 2.99. The summed E-state index contributed by atoms with van der Waals surface area (Å²) in [5.41, 5.74) is 2.75. The van der Waals surface area contributed by atoms with E-state index in [1.165, 1.54) is 11.1 Å². The highest BCUT2D eigenvalue weighted by atomic mass is 16.2. The number of carbonyl (C=O) groups is 2. The first-order valence-electron chi connectivity index (χ1n) is 7.56. The predicted molar refractivity (Wildman–Crippen MR) is 79.4 cm³/mol. The van der Waals surface area contributed by atoms with Crippen LogP contribution in [0.4, 0.5) is 0 Å². The van der Waals surface area contributed by atoms with Crippen LogP contribution in [0.3, 0.4) is 0 Å². The highest BCUT2D eigenvalue weighted by Crippen LogP contribution is 2.17. The number of amides is 2. The quantitative estimate of drug-likeness (QED) is 0.889. The number of rotatable bonds is 4. The molecule has 2 aliphatic heterocycles. The molecule has 21 heavy (non-hydrogen) atoms. The van der Waals surface area contributed by atoms with Gasteiger partial charge in [0.2, 0.25) is 11.8 Å². The van der Waals surface area contributed by atoms with Crippen molar-refractivity contribution in [2.24, 2.45) is 0 Å². The Morgan fingerprint density at radius 1 is 1.14 bits per heavy atom. The molecule has 0 unspecified atom stereocenters. The second-order valence-corrected chi connectivity index (χ2v) is 5.75. The summed E-state index contributed by atoms with van der Waals surface area (Å²) in [6.45, 7) is 3.29. The minimum Gasteiger partial charge on any atom is -0.342 e. The van der Waals surface area contributed by atoms with Crippen LogP contribution in [0, 0.1) is 0 Å². The van der Waals surface area contributed by atoms with Gasteiger partial charge >= 0.3 is 0 Å². The minimum absolute atomic E-state index is 0.0656. The fourth-order valence-electron chi connectivity index (χ4n) is 2.99. The number of likely N-dealkylation sites (tertiary alicyclic amines) is 1. The van der Waals surface area contributed by atoms with Crippen molar-refractivity contribution in [2.45, 2.75) is 25.8 Å². The van der Waals surface area contributed by atoms with E-state index in [0.717, 1.165) is 25.9 Å². The lowest BCUT2D eigenvalue weighted by molar-refractivity contribution is -0.133. The lowest BCUT2D eigenvalue weighted by Crippen LogP contribution is -2.44. The molecule has 0 aliphatic carbocycles. The molecule has 1 saturated heterocycles. The number of hydrogen-bond donors (Lipinski definition) is 1. The van der Waals surface area contributed by atoms with Gasteiger partial charge < -0.3 is 10.2 Å². The molecule has 0 radical (unpaired) electrons. The van der Waals surface area contributed by atoms with Crippen molar-refractivity contribution in [3.8, 4) is 0 Å². The second kappa shape index (κ2) is 6.26. The molecule has 5 heteroatoms. The summed E-state index contributed by atoms with van der Waals surface area (Å²) in [7, 11) is 0. The maximum atomic E-state index is 11.9. The molecule has 1 N–H and O–H groups in total. The average Bonchev–Trinajstić information content (AvgIpc) is 2.90. The summed E-state index contributed by atoms with van der Waals surface area (Å²) >= 11 is 0. The maximum absolute atomic E-state index is 11.9. The van der Waals surface area contributed by atoms with Gasteiger partial charge in [-0.05, 0) is 24.0 Å². The first kappa shape index (κ1) is 14.1. The van der Waals surface area contributed by atoms with Crippen LogP contribution in [0.2, 0.25) is 0 Å². The van der Waals surface area contributed by atoms with Gasteiger partial charge in [0.05, 0.1) is 13.2 Å². The molecular weight excluding hydrogens is 266 g/mol. The Morgan fingerprint density at radius 2 is 1.95 bits per heavy atom. The molecule has 0 saturated carbocycles. The molecule has 1 fully saturated rings. The predicted octanol–water partition coefficient (Wildman–Crippen LogP) is 0.741. The molecule has 0 spiro atoms. The van der Waals surface area contributed by atoms with Crippen molar-refractivity contribution in [1.82, 2.24) is 15.1 Å². The molecule has 1 aromatic carbocycles. The largest absolute Gasteiger partial charge is 0.342 e. The van der Waals surface area contributed by atoms with Gasteiger partial charge in [-0.3, -0.25) is 14.5 Å². The van der Waals surface area contributed by atoms with Gasteiger partial charge in [-0.25, -0.2) is 0 Å². The van der Waals surface area contributed by atoms with Crippen molar-refractivity contribution in [3.63, 3.8) is 0 Å². The van der Waals surface area contributed by atoms with Crippen molar-refractivity contribution in [3.05, 3.63) is 35.4 Å². The van der Waals surface area contributed by atoms with Crippen LogP contribution in [0.1, 0.15) is 24.0 Å². The van der Waals surface area contributed by atoms with Crippen molar-refractivity contribution in [1.29, 1.82) is 0 Å². The monoisotopic (exact) mass is 287 g/mol. The number of nitrogens with one attached hydrogen (secondary N) is 1. The Morgan fingerprint density at radius 3 is 2.71 bits per heavy atom. The Labute approximate surface area is 124 Å². The lowest BCUT2D eigenvalue weighted by atomic mass is 10.0. The summed E-state index contributed by atoms with van der Waals surface area (Å²) in [5.74, 6) is 0.0289. The molecule has 2 amide bonds. The molecule has 112 valence electrons. The standard InChI is InChI=1S/C16H21N3O2/c20-15(11-19-8-3-6-16(19)21)17-12-18-9-7-13-4-1-2-5-14(13)10-18/h1-2,4-5H,3,6-12H2,(H,17,20). The highest BCUT2D eigenvalue weighted by molar-refractivity contribution is 5.85. The van der Waals surface area contributed by atoms with E-state index in [4.69, 9.17) is 0 Å². The highest BCUT2D eigenvalue weighted by Gasteiger charge is 2.22. The van der Waals surface area contributed by atoms with E-state index in [1.807, 2.05) is 0 Å². The molecule has 2 aliphatic rings. The molecule has 0 aromatic heterocycles. The van der Waals surface area contributed by atoms with E-state index in [0.29, 0.717) is 19.6 Å². The van der Waals surface area contributed by atoms with E-state index < -0.39 is 0 Å². The molecule has 2 heterocycles. The first-order valence-corrected chi connectivity index (χ1v) is 7.56. The van der Waals surface area contributed by atoms with Crippen molar-refractivity contribution >= 4 is 11.8 Å². The van der Waals surface area contributed by atoms with Crippen LogP contribution in [-0.4, -0.2) is 47.9 Å². The van der Waals surface area contributed by atoms with Gasteiger partial charge in [0, 0.05) is 26.1 Å². The third-order valence-electron chi connectivity index (χ3n) is 4.22. The molecule has 5 nitrogen and oxygen atoms in total. The smallest absolute Gasteiger partial charge is 0.240 e. The van der Waals surface area contributed by atoms with E-state index in [-0.39, 0.29) is 18.4 Å². The van der Waals surface area contributed by atoms with Crippen molar-refractivity contribution in [2.75, 3.05) is 26.3 Å². The summed E-state index contributed by atoms with van der Waals surface area (Å²) in [6.07, 6.45) is 2.47. The zero-order valence-corrected chi connectivity index (χ0v) is 12.2. The Hall–Kier alpha value is -1.88. The van der Waals surface area contributed by atoms with E-state index >= 15 is 0 Å². The molecule has 0 atom stereocenters. The van der Waals surface area contributed by atoms with Crippen LogP contribution in [0.25, 0.3) is 0 Å². The van der Waals surface area contributed by atoms with Crippen molar-refractivity contribution < 1.29 is 9.59 Å². The molecule has 3 rings (SSSR count). The third kappa shape index (κ3) is 3.42. The maximum Gasteiger partial charge on any atom is 0.240 e. The molecular formula is C16H21N3O2. The SMILES string of the molecule is O=C(CN1CCCC1=O)NCN1CCc2ccccc2C1. The molecule has 0 bridgehead atoms. The van der Waals surface area contributed by atoms with Gasteiger partial charge in [0.25, 0.3) is 0 Å². The van der Waals surface area contributed by atoms with Crippen LogP contribution < -0.4 is 5.32 Å². The summed E-state index contributed by atoms with van der Waals surface area (Å²) < 4.78 is 0. The Bertz CT molecular complexity index is 544. The van der Waals surface area contributed by atoms with Gasteiger partial charge in [0.15, 0.2) is 0 Å². The van der Waals surface area contributed by atoms with Crippen LogP contribution in [0.15, 0.2) is 24.3 Å². The second-order valence-electron chi connectivity index (χ2n) is 5.75. The molecule has 1 aromatic rings. The minimum atomic E-state index is -0.0656. The van der Waals surface area contributed by atoms with Gasteiger partial charge in [0.1, 0.15) is 0 Å². The number of nitrogens with zero attached hydrogens (tertiary/aromatic N) is 2. The van der Waals surface area contributed by atoms with Crippen LogP contribution >= 0.6 is 0 Å². The summed E-state index contributed by atoms with van der Waals surface area (Å²) in [6, 6.07) is 8.44. The number of fused-ring (bicyclic) bond motifs is 1. The third-order valence-corrected chi connectivity index (χ3v) is 4.22. The van der Waals surface area contributed by atoms with Crippen LogP contribution in [0.5, 0.6) is 0 Å². The number of benzene rings is 1. The van der Waals surface area contributed by atoms with E-state index in [1.54, 1.807) is 4.90 Å². The normalized spacial score (nSPS) is 18.7. The Balaban J connectivity index is 1.45. The number of hydrogen-bond acceptors (Lipinski definition) is 3. The summed E-state index contributed by atoms with van der Waals surface area (Å²) in [4.78, 5) is 27.3. The Kier molecular flexibility index (Phi) is 4.20. The number of carbonyl (C=O) groups excluding carboxylic acids is 2. The van der Waals surface area contributed by atoms with Gasteiger partial charge in [-0.2, -0.15) is 0 Å². The topological polar surface area (TPSA) is 52.7 Å². The summed E-state index contributed by atoms with van der Waals surface area (Å²) in [5, 5.41) is 2.92.